The Labute approximate surface area is 142 Å². The Kier molecular flexibility index (Phi) is 5.11. The Bertz CT molecular complexity index is 769. The van der Waals surface area contributed by atoms with Crippen LogP contribution in [0.2, 0.25) is 0 Å². The van der Waals surface area contributed by atoms with Crippen LogP contribution < -0.4 is 10.5 Å². The number of hydrogen-bond donors (Lipinski definition) is 3. The molecule has 2 atom stereocenters. The van der Waals surface area contributed by atoms with Crippen molar-refractivity contribution >= 4 is 0 Å². The summed E-state index contributed by atoms with van der Waals surface area (Å²) in [5.74, 6) is 0.737. The van der Waals surface area contributed by atoms with E-state index >= 15 is 0 Å². The van der Waals surface area contributed by atoms with E-state index in [9.17, 15) is 9.90 Å². The zero-order valence-corrected chi connectivity index (χ0v) is 14.4. The molecule has 1 unspecified atom stereocenters. The molecule has 0 amide bonds. The minimum atomic E-state index is -0.297. The Morgan fingerprint density at radius 3 is 3.00 bits per heavy atom. The topological polar surface area (TPSA) is 70.4 Å². The minimum Gasteiger partial charge on any atom is -0.387 e. The summed E-state index contributed by atoms with van der Waals surface area (Å²) in [5, 5.41) is 9.84. The fourth-order valence-corrected chi connectivity index (χ4v) is 3.37. The maximum Gasteiger partial charge on any atom is 0.260 e. The van der Waals surface area contributed by atoms with Crippen molar-refractivity contribution in [1.82, 2.24) is 9.97 Å². The van der Waals surface area contributed by atoms with E-state index in [1.807, 2.05) is 13.0 Å². The summed E-state index contributed by atoms with van der Waals surface area (Å²) < 4.78 is 0. The van der Waals surface area contributed by atoms with Gasteiger partial charge in [-0.2, -0.15) is 0 Å². The van der Waals surface area contributed by atoms with Crippen molar-refractivity contribution in [2.24, 2.45) is 0 Å². The van der Waals surface area contributed by atoms with Gasteiger partial charge in [0.1, 0.15) is 25.0 Å². The SMILES string of the molecule is CC[C@@H](O)C[NH+]1CCc2nc(Cc3cccc(C)c3)[nH]c(=O)c2C1. The summed E-state index contributed by atoms with van der Waals surface area (Å²) in [4.78, 5) is 21.4. The molecule has 24 heavy (non-hydrogen) atoms. The fourth-order valence-electron chi connectivity index (χ4n) is 3.37. The van der Waals surface area contributed by atoms with Gasteiger partial charge in [-0.25, -0.2) is 4.98 Å². The van der Waals surface area contributed by atoms with Gasteiger partial charge in [0.15, 0.2) is 0 Å². The van der Waals surface area contributed by atoms with Gasteiger partial charge in [-0.05, 0) is 18.9 Å². The Morgan fingerprint density at radius 2 is 2.25 bits per heavy atom. The van der Waals surface area contributed by atoms with Crippen molar-refractivity contribution in [2.75, 3.05) is 13.1 Å². The lowest BCUT2D eigenvalue weighted by Crippen LogP contribution is -3.13. The summed E-state index contributed by atoms with van der Waals surface area (Å²) in [6.07, 6.45) is 1.90. The Balaban J connectivity index is 1.78. The van der Waals surface area contributed by atoms with Gasteiger partial charge in [0.05, 0.1) is 17.8 Å². The lowest BCUT2D eigenvalue weighted by Gasteiger charge is -2.26. The first-order valence-electron chi connectivity index (χ1n) is 8.73. The van der Waals surface area contributed by atoms with E-state index in [2.05, 4.69) is 30.1 Å². The zero-order chi connectivity index (χ0) is 17.1. The van der Waals surface area contributed by atoms with Crippen LogP contribution in [0.15, 0.2) is 29.1 Å². The number of H-pyrrole nitrogens is 1. The third kappa shape index (κ3) is 3.91. The van der Waals surface area contributed by atoms with Crippen molar-refractivity contribution in [3.8, 4) is 0 Å². The van der Waals surface area contributed by atoms with Gasteiger partial charge in [0.2, 0.25) is 0 Å². The molecule has 1 aromatic heterocycles. The molecule has 3 N–H and O–H groups in total. The average molecular weight is 328 g/mol. The molecule has 5 heteroatoms. The minimum absolute atomic E-state index is 0.0224. The number of aromatic nitrogens is 2. The maximum absolute atomic E-state index is 12.5. The van der Waals surface area contributed by atoms with Crippen LogP contribution in [0.5, 0.6) is 0 Å². The Morgan fingerprint density at radius 1 is 1.42 bits per heavy atom. The van der Waals surface area contributed by atoms with E-state index in [0.717, 1.165) is 42.0 Å². The van der Waals surface area contributed by atoms with Crippen molar-refractivity contribution in [3.05, 3.63) is 62.8 Å². The van der Waals surface area contributed by atoms with E-state index in [4.69, 9.17) is 4.98 Å². The van der Waals surface area contributed by atoms with Crippen LogP contribution >= 0.6 is 0 Å². The van der Waals surface area contributed by atoms with Crippen LogP contribution in [0.1, 0.15) is 41.6 Å². The average Bonchev–Trinajstić information content (AvgIpc) is 2.55. The molecule has 2 aromatic rings. The fraction of sp³-hybridized carbons (Fsp3) is 0.474. The molecule has 0 aliphatic carbocycles. The van der Waals surface area contributed by atoms with Crippen LogP contribution in [-0.4, -0.2) is 34.3 Å². The number of aliphatic hydroxyl groups is 1. The number of hydrogen-bond acceptors (Lipinski definition) is 3. The van der Waals surface area contributed by atoms with Gasteiger partial charge < -0.3 is 15.0 Å². The third-order valence-electron chi connectivity index (χ3n) is 4.74. The van der Waals surface area contributed by atoms with Crippen LogP contribution in [0.3, 0.4) is 0 Å². The highest BCUT2D eigenvalue weighted by atomic mass is 16.3. The second-order valence-electron chi connectivity index (χ2n) is 6.80. The maximum atomic E-state index is 12.5. The van der Waals surface area contributed by atoms with Crippen molar-refractivity contribution < 1.29 is 10.0 Å². The number of nitrogens with one attached hydrogen (secondary N) is 2. The highest BCUT2D eigenvalue weighted by Crippen LogP contribution is 2.10. The largest absolute Gasteiger partial charge is 0.387 e. The standard InChI is InChI=1S/C19H25N3O2/c1-3-15(23)11-22-8-7-17-16(12-22)19(24)21-18(20-17)10-14-6-4-5-13(2)9-14/h4-6,9,15,23H,3,7-8,10-12H2,1-2H3,(H,20,21,24)/p+1/t15-/m1/s1. The molecule has 1 aromatic carbocycles. The van der Waals surface area contributed by atoms with Crippen LogP contribution in [0.4, 0.5) is 0 Å². The first-order valence-corrected chi connectivity index (χ1v) is 8.73. The Hall–Kier alpha value is -1.98. The molecule has 0 spiro atoms. The summed E-state index contributed by atoms with van der Waals surface area (Å²) in [6.45, 7) is 6.31. The van der Waals surface area contributed by atoms with Gasteiger partial charge in [-0.3, -0.25) is 4.79 Å². The second kappa shape index (κ2) is 7.28. The quantitative estimate of drug-likeness (QED) is 0.743. The van der Waals surface area contributed by atoms with Crippen LogP contribution in [0, 0.1) is 6.92 Å². The monoisotopic (exact) mass is 328 g/mol. The molecule has 1 aliphatic heterocycles. The van der Waals surface area contributed by atoms with Gasteiger partial charge >= 0.3 is 0 Å². The molecular weight excluding hydrogens is 302 g/mol. The molecule has 128 valence electrons. The van der Waals surface area contributed by atoms with E-state index in [0.29, 0.717) is 19.5 Å². The van der Waals surface area contributed by atoms with E-state index < -0.39 is 0 Å². The summed E-state index contributed by atoms with van der Waals surface area (Å²) in [5.41, 5.74) is 4.06. The number of aryl methyl sites for hydroxylation is 1. The third-order valence-corrected chi connectivity index (χ3v) is 4.74. The predicted molar refractivity (Wildman–Crippen MR) is 93.2 cm³/mol. The first-order chi connectivity index (χ1) is 11.5. The molecule has 3 rings (SSSR count). The van der Waals surface area contributed by atoms with Gasteiger partial charge in [-0.1, -0.05) is 36.8 Å². The van der Waals surface area contributed by atoms with E-state index in [1.54, 1.807) is 0 Å². The normalized spacial score (nSPS) is 18.2. The number of fused-ring (bicyclic) bond motifs is 1. The molecule has 1 aliphatic rings. The number of benzene rings is 1. The van der Waals surface area contributed by atoms with E-state index in [1.165, 1.54) is 10.5 Å². The second-order valence-corrected chi connectivity index (χ2v) is 6.80. The highest BCUT2D eigenvalue weighted by Gasteiger charge is 2.25. The number of quaternary nitrogens is 1. The van der Waals surface area contributed by atoms with Crippen LogP contribution in [-0.2, 0) is 19.4 Å². The summed E-state index contributed by atoms with van der Waals surface area (Å²) in [7, 11) is 0. The molecular formula is C19H26N3O2+. The molecule has 0 bridgehead atoms. The van der Waals surface area contributed by atoms with Crippen molar-refractivity contribution in [2.45, 2.75) is 45.8 Å². The smallest absolute Gasteiger partial charge is 0.260 e. The lowest BCUT2D eigenvalue weighted by atomic mass is 10.0. The lowest BCUT2D eigenvalue weighted by molar-refractivity contribution is -0.919. The zero-order valence-electron chi connectivity index (χ0n) is 14.4. The number of rotatable bonds is 5. The van der Waals surface area contributed by atoms with Gasteiger partial charge in [-0.15, -0.1) is 0 Å². The first kappa shape index (κ1) is 16.9. The van der Waals surface area contributed by atoms with Gasteiger partial charge in [0.25, 0.3) is 5.56 Å². The molecule has 0 saturated carbocycles. The number of nitrogens with zero attached hydrogens (tertiary/aromatic N) is 1. The van der Waals surface area contributed by atoms with Crippen molar-refractivity contribution in [3.63, 3.8) is 0 Å². The molecule has 2 heterocycles. The molecule has 5 nitrogen and oxygen atoms in total. The molecule has 0 saturated heterocycles. The summed E-state index contributed by atoms with van der Waals surface area (Å²) in [6, 6.07) is 8.28. The van der Waals surface area contributed by atoms with Gasteiger partial charge in [0, 0.05) is 12.8 Å². The molecule has 0 radical (unpaired) electrons. The van der Waals surface area contributed by atoms with Crippen molar-refractivity contribution in [1.29, 1.82) is 0 Å². The predicted octanol–water partition coefficient (Wildman–Crippen LogP) is 0.381. The molecule has 0 fully saturated rings. The number of aromatic amines is 1. The number of aliphatic hydroxyl groups excluding tert-OH is 1. The van der Waals surface area contributed by atoms with Crippen LogP contribution in [0.25, 0.3) is 0 Å². The highest BCUT2D eigenvalue weighted by molar-refractivity contribution is 5.26. The van der Waals surface area contributed by atoms with E-state index in [-0.39, 0.29) is 11.7 Å². The summed E-state index contributed by atoms with van der Waals surface area (Å²) >= 11 is 0.